The molecule has 0 spiro atoms. The van der Waals surface area contributed by atoms with Crippen molar-refractivity contribution in [2.45, 2.75) is 161 Å². The number of rotatable bonds is 21. The second kappa shape index (κ2) is 23.4. The molecule has 0 bridgehead atoms. The number of hydrogen-bond donors (Lipinski definition) is 0. The Morgan fingerprint density at radius 2 is 0.818 bits per heavy atom. The van der Waals surface area contributed by atoms with E-state index in [-0.39, 0.29) is 0 Å². The maximum atomic E-state index is 11.7. The quantitative estimate of drug-likeness (QED) is 0.0735. The minimum atomic E-state index is 0.997. The molecule has 2 aromatic rings. The zero-order valence-corrected chi connectivity index (χ0v) is 30.3. The summed E-state index contributed by atoms with van der Waals surface area (Å²) in [7, 11) is 0. The van der Waals surface area contributed by atoms with Crippen molar-refractivity contribution in [3.8, 4) is 0 Å². The molecule has 0 amide bonds. The molecule has 0 aromatic heterocycles. The van der Waals surface area contributed by atoms with Crippen LogP contribution in [0.5, 0.6) is 0 Å². The third-order valence-electron chi connectivity index (χ3n) is 8.42. The van der Waals surface area contributed by atoms with Crippen LogP contribution in [0.2, 0.25) is 10.8 Å². The normalized spacial score (nSPS) is 13.2. The van der Waals surface area contributed by atoms with Gasteiger partial charge in [0.2, 0.25) is 11.4 Å². The number of aryl methyl sites for hydroxylation is 2. The van der Waals surface area contributed by atoms with Crippen LogP contribution in [0.25, 0.3) is 16.9 Å². The summed E-state index contributed by atoms with van der Waals surface area (Å²) in [5.74, 6) is 0. The zero-order chi connectivity index (χ0) is 32.0. The van der Waals surface area contributed by atoms with Crippen LogP contribution >= 0.6 is 0 Å². The summed E-state index contributed by atoms with van der Waals surface area (Å²) in [5, 5.41) is 2.78. The van der Waals surface area contributed by atoms with Gasteiger partial charge in [-0.25, -0.2) is 4.70 Å². The molecule has 1 heterocycles. The summed E-state index contributed by atoms with van der Waals surface area (Å²) in [4.78, 5) is 0. The molecule has 0 saturated heterocycles. The molecule has 2 nitrogen and oxygen atoms in total. The van der Waals surface area contributed by atoms with Gasteiger partial charge in [-0.05, 0) is 86.8 Å². The van der Waals surface area contributed by atoms with E-state index in [2.05, 4.69) is 90.1 Å². The zero-order valence-electron chi connectivity index (χ0n) is 29.3. The van der Waals surface area contributed by atoms with Crippen LogP contribution in [0.3, 0.4) is 0 Å². The van der Waals surface area contributed by atoms with E-state index in [9.17, 15) is 5.53 Å². The van der Waals surface area contributed by atoms with E-state index < -0.39 is 0 Å². The van der Waals surface area contributed by atoms with Crippen molar-refractivity contribution in [3.05, 3.63) is 87.5 Å². The van der Waals surface area contributed by atoms with E-state index in [1.54, 1.807) is 0 Å². The Morgan fingerprint density at radius 1 is 0.455 bits per heavy atom. The second-order valence-corrected chi connectivity index (χ2v) is 13.8. The van der Waals surface area contributed by atoms with E-state index >= 15 is 0 Å². The number of nitrogens with zero attached hydrogens (tertiary/aromatic N) is 2. The van der Waals surface area contributed by atoms with Crippen LogP contribution in [0.15, 0.2) is 59.7 Å². The first-order valence-corrected chi connectivity index (χ1v) is 19.5. The third kappa shape index (κ3) is 12.8. The molecular weight excluding hydrogens is 579 g/mol. The molecule has 44 heavy (non-hydrogen) atoms. The molecule has 1 aliphatic rings. The Labute approximate surface area is 278 Å². The van der Waals surface area contributed by atoms with Gasteiger partial charge in [0.15, 0.2) is 0 Å². The summed E-state index contributed by atoms with van der Waals surface area (Å²) in [6, 6.07) is 17.9. The molecule has 0 N–H and O–H groups in total. The van der Waals surface area contributed by atoms with Crippen LogP contribution in [-0.4, -0.2) is 4.70 Å². The molecule has 3 rings (SSSR count). The van der Waals surface area contributed by atoms with Gasteiger partial charge < -0.3 is 5.53 Å². The maximum absolute atomic E-state index is 11.7. The summed E-state index contributed by atoms with van der Waals surface area (Å²) in [6.45, 7) is 13.5. The Balaban J connectivity index is 0.000000651. The van der Waals surface area contributed by atoms with Gasteiger partial charge in [-0.2, -0.15) is 0 Å². The number of hydrogen-bond acceptors (Lipinski definition) is 0. The van der Waals surface area contributed by atoms with Gasteiger partial charge in [0, 0.05) is 22.3 Å². The predicted molar refractivity (Wildman–Crippen MR) is 191 cm³/mol. The van der Waals surface area contributed by atoms with Gasteiger partial charge in [-0.1, -0.05) is 84.1 Å². The molecule has 0 atom stereocenters. The minimum absolute atomic E-state index is 0.997. The van der Waals surface area contributed by atoms with Crippen LogP contribution in [0, 0.1) is 0 Å². The topological polar surface area (TPSA) is 25.3 Å². The predicted octanol–water partition coefficient (Wildman–Crippen LogP) is 13.8. The molecule has 1 aliphatic heterocycles. The number of benzene rings is 2. The molecule has 2 aromatic carbocycles. The van der Waals surface area contributed by atoms with Crippen LogP contribution in [0.1, 0.15) is 160 Å². The SMILES string of the molecule is CCCCCC1=C(c2ccc(CCCC)cc2)[N+](=[N-])C(c2ccc(CCCC)cc2)=C1CCCC.CCC[CH2][Ni][CH2]CCC. The van der Waals surface area contributed by atoms with Crippen molar-refractivity contribution in [1.82, 2.24) is 0 Å². The average Bonchev–Trinajstić information content (AvgIpc) is 3.33. The van der Waals surface area contributed by atoms with Gasteiger partial charge >= 0.3 is 64.8 Å². The number of allylic oxidation sites excluding steroid dienone is 2. The summed E-state index contributed by atoms with van der Waals surface area (Å²) < 4.78 is 1.52. The second-order valence-electron chi connectivity index (χ2n) is 12.3. The van der Waals surface area contributed by atoms with Gasteiger partial charge in [-0.15, -0.1) is 0 Å². The first kappa shape index (κ1) is 38.2. The molecule has 0 aliphatic carbocycles. The third-order valence-corrected chi connectivity index (χ3v) is 9.81. The van der Waals surface area contributed by atoms with Crippen LogP contribution < -0.4 is 0 Å². The summed E-state index contributed by atoms with van der Waals surface area (Å²) in [5.41, 5.74) is 21.4. The molecule has 0 unspecified atom stereocenters. The monoisotopic (exact) mass is 642 g/mol. The molecule has 248 valence electrons. The fraction of sp³-hybridized carbons (Fsp3) is 0.610. The Bertz CT molecular complexity index is 1120. The average molecular weight is 644 g/mol. The van der Waals surface area contributed by atoms with Crippen molar-refractivity contribution in [2.24, 2.45) is 0 Å². The summed E-state index contributed by atoms with van der Waals surface area (Å²) >= 11 is 1.94. The van der Waals surface area contributed by atoms with E-state index in [1.807, 2.05) is 14.4 Å². The van der Waals surface area contributed by atoms with Crippen molar-refractivity contribution in [3.63, 3.8) is 0 Å². The van der Waals surface area contributed by atoms with E-state index in [1.165, 1.54) is 102 Å². The first-order valence-electron chi connectivity index (χ1n) is 18.1. The van der Waals surface area contributed by atoms with Crippen molar-refractivity contribution >= 4 is 11.4 Å². The van der Waals surface area contributed by atoms with Crippen molar-refractivity contribution < 1.29 is 19.1 Å². The first-order chi connectivity index (χ1) is 21.6. The van der Waals surface area contributed by atoms with E-state index in [0.29, 0.717) is 0 Å². The molecule has 0 fully saturated rings. The fourth-order valence-corrected chi connectivity index (χ4v) is 7.01. The van der Waals surface area contributed by atoms with Gasteiger partial charge in [-0.3, -0.25) is 0 Å². The fourth-order valence-electron chi connectivity index (χ4n) is 5.57. The van der Waals surface area contributed by atoms with E-state index in [4.69, 9.17) is 0 Å². The van der Waals surface area contributed by atoms with Crippen molar-refractivity contribution in [2.75, 3.05) is 0 Å². The van der Waals surface area contributed by atoms with Gasteiger partial charge in [0.1, 0.15) is 0 Å². The van der Waals surface area contributed by atoms with E-state index in [0.717, 1.165) is 67.5 Å². The standard InChI is InChI=1S/C33H46N2.2C4H9.Ni/c1-5-9-13-17-31-30(16-12-8-4)32(28-22-18-26(19-23-28)14-10-6-2)35(34)33(31)29-24-20-27(21-25-29)15-11-7-3;2*1-3-4-2;/h18-25H,5-17H2,1-4H3;2*1,3-4H2,2H3;. The molecule has 0 radical (unpaired) electrons. The molecule has 3 heteroatoms. The van der Waals surface area contributed by atoms with Crippen molar-refractivity contribution in [1.29, 1.82) is 0 Å². The molecular formula is C41H64N2Ni. The van der Waals surface area contributed by atoms with Crippen LogP contribution in [-0.2, 0) is 27.3 Å². The van der Waals surface area contributed by atoms with Gasteiger partial charge in [0.05, 0.1) is 0 Å². The summed E-state index contributed by atoms with van der Waals surface area (Å²) in [6.07, 6.45) is 20.5. The molecule has 0 saturated carbocycles. The van der Waals surface area contributed by atoms with Crippen LogP contribution in [0.4, 0.5) is 0 Å². The Morgan fingerprint density at radius 3 is 1.20 bits per heavy atom. The Hall–Kier alpha value is -1.99. The number of unbranched alkanes of at least 4 members (excludes halogenated alkanes) is 7. The van der Waals surface area contributed by atoms with Gasteiger partial charge in [0.25, 0.3) is 0 Å². The Kier molecular flexibility index (Phi) is 20.3.